The van der Waals surface area contributed by atoms with Gasteiger partial charge in [-0.1, -0.05) is 0 Å². The summed E-state index contributed by atoms with van der Waals surface area (Å²) in [6, 6.07) is 5.47. The molecule has 20 heavy (non-hydrogen) atoms. The Morgan fingerprint density at radius 1 is 1.25 bits per heavy atom. The Bertz CT molecular complexity index is 754. The highest BCUT2D eigenvalue weighted by Gasteiger charge is 2.06. The summed E-state index contributed by atoms with van der Waals surface area (Å²) in [5.74, 6) is 0. The van der Waals surface area contributed by atoms with Gasteiger partial charge < -0.3 is 15.3 Å². The van der Waals surface area contributed by atoms with Gasteiger partial charge in [0.2, 0.25) is 0 Å². The van der Waals surface area contributed by atoms with Crippen molar-refractivity contribution in [1.29, 1.82) is 0 Å². The molecule has 1 aromatic carbocycles. The van der Waals surface area contributed by atoms with Crippen molar-refractivity contribution < 1.29 is 0 Å². The quantitative estimate of drug-likeness (QED) is 0.546. The SMILES string of the molecule is Nc1ccc2[nH]c(=O)n(CCCCn3ccnc3)c2c1. The predicted octanol–water partition coefficient (Wildman–Crippen LogP) is 1.59. The van der Waals surface area contributed by atoms with Crippen molar-refractivity contribution in [3.8, 4) is 0 Å². The van der Waals surface area contributed by atoms with Crippen molar-refractivity contribution in [2.45, 2.75) is 25.9 Å². The molecule has 0 bridgehead atoms. The molecule has 0 aliphatic carbocycles. The van der Waals surface area contributed by atoms with Crippen molar-refractivity contribution in [3.63, 3.8) is 0 Å². The first kappa shape index (κ1) is 12.5. The van der Waals surface area contributed by atoms with Crippen LogP contribution in [-0.2, 0) is 13.1 Å². The zero-order valence-corrected chi connectivity index (χ0v) is 11.1. The molecule has 0 amide bonds. The van der Waals surface area contributed by atoms with Gasteiger partial charge in [-0.25, -0.2) is 9.78 Å². The van der Waals surface area contributed by atoms with E-state index in [4.69, 9.17) is 5.73 Å². The molecular weight excluding hydrogens is 254 g/mol. The van der Waals surface area contributed by atoms with Gasteiger partial charge in [-0.05, 0) is 31.0 Å². The molecule has 0 atom stereocenters. The molecule has 0 radical (unpaired) electrons. The maximum absolute atomic E-state index is 11.9. The van der Waals surface area contributed by atoms with Crippen LogP contribution in [0.1, 0.15) is 12.8 Å². The highest BCUT2D eigenvalue weighted by molar-refractivity contribution is 5.78. The molecule has 0 aliphatic rings. The van der Waals surface area contributed by atoms with Crippen LogP contribution in [0, 0.1) is 0 Å². The number of aromatic nitrogens is 4. The van der Waals surface area contributed by atoms with Gasteiger partial charge in [-0.3, -0.25) is 4.57 Å². The minimum Gasteiger partial charge on any atom is -0.399 e. The van der Waals surface area contributed by atoms with E-state index in [9.17, 15) is 4.79 Å². The number of imidazole rings is 2. The fourth-order valence-corrected chi connectivity index (χ4v) is 2.38. The molecule has 0 saturated heterocycles. The lowest BCUT2D eigenvalue weighted by molar-refractivity contribution is 0.552. The van der Waals surface area contributed by atoms with Crippen molar-refractivity contribution in [2.75, 3.05) is 5.73 Å². The first-order chi connectivity index (χ1) is 9.74. The van der Waals surface area contributed by atoms with E-state index in [-0.39, 0.29) is 5.69 Å². The average molecular weight is 271 g/mol. The van der Waals surface area contributed by atoms with E-state index in [1.165, 1.54) is 0 Å². The molecule has 0 fully saturated rings. The van der Waals surface area contributed by atoms with Crippen LogP contribution in [-0.4, -0.2) is 19.1 Å². The number of nitrogens with zero attached hydrogens (tertiary/aromatic N) is 3. The number of hydrogen-bond acceptors (Lipinski definition) is 3. The average Bonchev–Trinajstić information content (AvgIpc) is 3.03. The van der Waals surface area contributed by atoms with Gasteiger partial charge in [0.05, 0.1) is 17.4 Å². The smallest absolute Gasteiger partial charge is 0.326 e. The normalized spacial score (nSPS) is 11.2. The van der Waals surface area contributed by atoms with E-state index in [1.807, 2.05) is 22.9 Å². The second-order valence-electron chi connectivity index (χ2n) is 4.87. The first-order valence-electron chi connectivity index (χ1n) is 6.68. The number of unbranched alkanes of at least 4 members (excludes halogenated alkanes) is 1. The molecule has 6 nitrogen and oxygen atoms in total. The third-order valence-corrected chi connectivity index (χ3v) is 3.41. The minimum atomic E-state index is -0.0757. The van der Waals surface area contributed by atoms with Crippen LogP contribution in [0.5, 0.6) is 0 Å². The third-order valence-electron chi connectivity index (χ3n) is 3.41. The van der Waals surface area contributed by atoms with E-state index in [1.54, 1.807) is 23.2 Å². The Kier molecular flexibility index (Phi) is 3.28. The number of H-pyrrole nitrogens is 1. The fourth-order valence-electron chi connectivity index (χ4n) is 2.38. The lowest BCUT2D eigenvalue weighted by atomic mass is 10.2. The maximum Gasteiger partial charge on any atom is 0.326 e. The van der Waals surface area contributed by atoms with Gasteiger partial charge in [0, 0.05) is 31.2 Å². The Morgan fingerprint density at radius 2 is 2.10 bits per heavy atom. The van der Waals surface area contributed by atoms with E-state index in [0.29, 0.717) is 12.2 Å². The summed E-state index contributed by atoms with van der Waals surface area (Å²) >= 11 is 0. The van der Waals surface area contributed by atoms with Crippen molar-refractivity contribution in [1.82, 2.24) is 19.1 Å². The summed E-state index contributed by atoms with van der Waals surface area (Å²) in [5, 5.41) is 0. The van der Waals surface area contributed by atoms with E-state index < -0.39 is 0 Å². The van der Waals surface area contributed by atoms with Gasteiger partial charge in [0.1, 0.15) is 0 Å². The zero-order valence-electron chi connectivity index (χ0n) is 11.1. The number of fused-ring (bicyclic) bond motifs is 1. The van der Waals surface area contributed by atoms with Gasteiger partial charge in [0.25, 0.3) is 0 Å². The highest BCUT2D eigenvalue weighted by atomic mass is 16.1. The maximum atomic E-state index is 11.9. The lowest BCUT2D eigenvalue weighted by Gasteiger charge is -2.05. The number of anilines is 1. The summed E-state index contributed by atoms with van der Waals surface area (Å²) in [4.78, 5) is 18.8. The molecule has 0 unspecified atom stereocenters. The summed E-state index contributed by atoms with van der Waals surface area (Å²) in [7, 11) is 0. The molecule has 2 aromatic heterocycles. The summed E-state index contributed by atoms with van der Waals surface area (Å²) in [6.07, 6.45) is 7.45. The molecule has 0 saturated carbocycles. The van der Waals surface area contributed by atoms with E-state index in [2.05, 4.69) is 9.97 Å². The third kappa shape index (κ3) is 2.45. The van der Waals surface area contributed by atoms with Gasteiger partial charge in [-0.15, -0.1) is 0 Å². The van der Waals surface area contributed by atoms with Gasteiger partial charge in [-0.2, -0.15) is 0 Å². The molecule has 6 heteroatoms. The second-order valence-corrected chi connectivity index (χ2v) is 4.87. The Labute approximate surface area is 115 Å². The first-order valence-corrected chi connectivity index (χ1v) is 6.68. The Hall–Kier alpha value is -2.50. The van der Waals surface area contributed by atoms with Crippen LogP contribution in [0.15, 0.2) is 41.7 Å². The van der Waals surface area contributed by atoms with Crippen LogP contribution < -0.4 is 11.4 Å². The molecule has 3 rings (SSSR count). The van der Waals surface area contributed by atoms with Crippen LogP contribution in [0.2, 0.25) is 0 Å². The monoisotopic (exact) mass is 271 g/mol. The van der Waals surface area contributed by atoms with E-state index in [0.717, 1.165) is 30.4 Å². The molecule has 0 aliphatic heterocycles. The number of hydrogen-bond donors (Lipinski definition) is 2. The fraction of sp³-hybridized carbons (Fsp3) is 0.286. The second kappa shape index (κ2) is 5.24. The number of nitrogens with one attached hydrogen (secondary N) is 1. The van der Waals surface area contributed by atoms with Crippen molar-refractivity contribution in [3.05, 3.63) is 47.4 Å². The highest BCUT2D eigenvalue weighted by Crippen LogP contribution is 2.14. The largest absolute Gasteiger partial charge is 0.399 e. The molecule has 104 valence electrons. The summed E-state index contributed by atoms with van der Waals surface area (Å²) < 4.78 is 3.79. The molecular formula is C14H17N5O. The summed E-state index contributed by atoms with van der Waals surface area (Å²) in [6.45, 7) is 1.61. The number of aryl methyl sites for hydroxylation is 2. The van der Waals surface area contributed by atoms with Crippen LogP contribution in [0.25, 0.3) is 11.0 Å². The Balaban J connectivity index is 1.69. The topological polar surface area (TPSA) is 81.6 Å². The van der Waals surface area contributed by atoms with Crippen molar-refractivity contribution in [2.24, 2.45) is 0 Å². The molecule has 3 N–H and O–H groups in total. The number of nitrogens with two attached hydrogens (primary N) is 1. The number of aromatic amines is 1. The van der Waals surface area contributed by atoms with Crippen LogP contribution >= 0.6 is 0 Å². The minimum absolute atomic E-state index is 0.0757. The van der Waals surface area contributed by atoms with E-state index >= 15 is 0 Å². The van der Waals surface area contributed by atoms with Gasteiger partial charge in [0.15, 0.2) is 0 Å². The van der Waals surface area contributed by atoms with Crippen molar-refractivity contribution >= 4 is 16.7 Å². The standard InChI is InChI=1S/C14H17N5O/c15-11-3-4-12-13(9-11)19(14(20)17-12)7-2-1-6-18-8-5-16-10-18/h3-5,8-10H,1-2,6-7,15H2,(H,17,20). The number of nitrogen functional groups attached to an aromatic ring is 1. The Morgan fingerprint density at radius 3 is 2.90 bits per heavy atom. The van der Waals surface area contributed by atoms with Gasteiger partial charge >= 0.3 is 5.69 Å². The molecule has 2 heterocycles. The predicted molar refractivity (Wildman–Crippen MR) is 78.4 cm³/mol. The summed E-state index contributed by atoms with van der Waals surface area (Å²) in [5.41, 5.74) is 8.08. The lowest BCUT2D eigenvalue weighted by Crippen LogP contribution is -2.17. The molecule has 3 aromatic rings. The number of benzene rings is 1. The van der Waals surface area contributed by atoms with Crippen LogP contribution in [0.3, 0.4) is 0 Å². The van der Waals surface area contributed by atoms with Crippen LogP contribution in [0.4, 0.5) is 5.69 Å². The molecule has 0 spiro atoms. The number of rotatable bonds is 5. The zero-order chi connectivity index (χ0) is 13.9.